The summed E-state index contributed by atoms with van der Waals surface area (Å²) in [7, 11) is 0. The zero-order valence-electron chi connectivity index (χ0n) is 22.6. The number of hydrogen-bond acceptors (Lipinski definition) is 1. The second-order valence-electron chi connectivity index (χ2n) is 10.7. The van der Waals surface area contributed by atoms with Crippen molar-refractivity contribution in [3.8, 4) is 39.4 Å². The molecule has 0 aromatic heterocycles. The van der Waals surface area contributed by atoms with Crippen LogP contribution in [0.15, 0.2) is 133 Å². The second kappa shape index (κ2) is 9.31. The molecule has 0 heterocycles. The van der Waals surface area contributed by atoms with Crippen molar-refractivity contribution >= 4 is 48.8 Å². The fraction of sp³-hybridized carbons (Fsp3) is 0. The third kappa shape index (κ3) is 3.64. The van der Waals surface area contributed by atoms with Gasteiger partial charge in [-0.2, -0.15) is 5.26 Å². The quantitative estimate of drug-likeness (QED) is 0.165. The van der Waals surface area contributed by atoms with Crippen LogP contribution in [0.2, 0.25) is 0 Å². The molecule has 42 heavy (non-hydrogen) atoms. The van der Waals surface area contributed by atoms with Crippen molar-refractivity contribution < 1.29 is 0 Å². The van der Waals surface area contributed by atoms with Crippen molar-refractivity contribution in [3.05, 3.63) is 150 Å². The van der Waals surface area contributed by atoms with E-state index in [1.165, 1.54) is 37.9 Å². The van der Waals surface area contributed by atoms with Gasteiger partial charge in [0.2, 0.25) is 0 Å². The van der Waals surface area contributed by atoms with Gasteiger partial charge in [0.25, 0.3) is 0 Å². The van der Waals surface area contributed by atoms with Crippen LogP contribution in [0.4, 0.5) is 5.69 Å². The summed E-state index contributed by atoms with van der Waals surface area (Å²) in [6.45, 7) is 7.63. The Labute approximate surface area is 243 Å². The normalized spacial score (nSPS) is 11.3. The molecule has 0 aliphatic carbocycles. The summed E-state index contributed by atoms with van der Waals surface area (Å²) in [5.41, 5.74) is 7.91. The van der Waals surface area contributed by atoms with Crippen LogP contribution in [0.3, 0.4) is 0 Å². The highest BCUT2D eigenvalue weighted by atomic mass is 14.6. The van der Waals surface area contributed by atoms with E-state index in [9.17, 15) is 5.26 Å². The summed E-state index contributed by atoms with van der Waals surface area (Å²) in [4.78, 5) is 3.72. The zero-order valence-corrected chi connectivity index (χ0v) is 22.6. The topological polar surface area (TPSA) is 28.1 Å². The van der Waals surface area contributed by atoms with E-state index in [0.29, 0.717) is 11.3 Å². The molecule has 2 heteroatoms. The standard InChI is InChI=1S/C40H22N2/c1-42-32-11-5-10-30(22-32)37-23-38(31-13-12-26-7-2-3-8-28(26)21-31)36-19-18-34-33(29-9-4-6-25(20-29)24-41)16-14-27-15-17-35(37)40(36)39(27)34/h2-23H. The maximum atomic E-state index is 9.56. The average molecular weight is 531 g/mol. The van der Waals surface area contributed by atoms with E-state index in [4.69, 9.17) is 6.57 Å². The molecule has 8 rings (SSSR count). The molecular formula is C40H22N2. The third-order valence-corrected chi connectivity index (χ3v) is 8.43. The minimum Gasteiger partial charge on any atom is -0.238 e. The molecule has 0 saturated carbocycles. The first-order chi connectivity index (χ1) is 20.7. The number of fused-ring (bicyclic) bond motifs is 1. The Morgan fingerprint density at radius 2 is 1.12 bits per heavy atom. The Balaban J connectivity index is 1.51. The smallest absolute Gasteiger partial charge is 0.187 e. The highest BCUT2D eigenvalue weighted by Crippen LogP contribution is 2.46. The molecule has 0 saturated heterocycles. The molecule has 192 valence electrons. The predicted octanol–water partition coefficient (Wildman–Crippen LogP) is 11.2. The molecule has 0 aliphatic heterocycles. The Morgan fingerprint density at radius 3 is 1.90 bits per heavy atom. The van der Waals surface area contributed by atoms with Crippen LogP contribution < -0.4 is 0 Å². The average Bonchev–Trinajstić information content (AvgIpc) is 3.06. The highest BCUT2D eigenvalue weighted by Gasteiger charge is 2.19. The van der Waals surface area contributed by atoms with Crippen molar-refractivity contribution in [2.24, 2.45) is 0 Å². The summed E-state index contributed by atoms with van der Waals surface area (Å²) in [5.74, 6) is 0. The molecule has 8 aromatic carbocycles. The number of benzene rings is 8. The van der Waals surface area contributed by atoms with Gasteiger partial charge in [-0.25, -0.2) is 4.85 Å². The summed E-state index contributed by atoms with van der Waals surface area (Å²) >= 11 is 0. The lowest BCUT2D eigenvalue weighted by molar-refractivity contribution is 1.48. The Hall–Kier alpha value is -5.96. The first-order valence-electron chi connectivity index (χ1n) is 13.9. The van der Waals surface area contributed by atoms with Gasteiger partial charge in [-0.3, -0.25) is 0 Å². The Kier molecular flexibility index (Phi) is 5.29. The van der Waals surface area contributed by atoms with Gasteiger partial charge in [0.15, 0.2) is 5.69 Å². The van der Waals surface area contributed by atoms with Crippen LogP contribution in [-0.2, 0) is 0 Å². The number of nitriles is 1. The summed E-state index contributed by atoms with van der Waals surface area (Å²) < 4.78 is 0. The second-order valence-corrected chi connectivity index (χ2v) is 10.7. The molecule has 0 bridgehead atoms. The predicted molar refractivity (Wildman–Crippen MR) is 175 cm³/mol. The van der Waals surface area contributed by atoms with Crippen LogP contribution in [0.25, 0.3) is 81.3 Å². The Morgan fingerprint density at radius 1 is 0.476 bits per heavy atom. The van der Waals surface area contributed by atoms with Crippen molar-refractivity contribution in [1.29, 1.82) is 5.26 Å². The van der Waals surface area contributed by atoms with E-state index < -0.39 is 0 Å². The molecule has 0 radical (unpaired) electrons. The molecule has 0 amide bonds. The van der Waals surface area contributed by atoms with E-state index in [0.717, 1.165) is 38.6 Å². The largest absolute Gasteiger partial charge is 0.238 e. The maximum Gasteiger partial charge on any atom is 0.187 e. The third-order valence-electron chi connectivity index (χ3n) is 8.43. The number of rotatable bonds is 3. The van der Waals surface area contributed by atoms with Crippen molar-refractivity contribution in [2.45, 2.75) is 0 Å². The van der Waals surface area contributed by atoms with Gasteiger partial charge in [-0.05, 0) is 107 Å². The van der Waals surface area contributed by atoms with Gasteiger partial charge in [-0.15, -0.1) is 0 Å². The summed E-state index contributed by atoms with van der Waals surface area (Å²) in [6, 6.07) is 48.8. The number of nitrogens with zero attached hydrogens (tertiary/aromatic N) is 2. The van der Waals surface area contributed by atoms with Crippen LogP contribution in [0.1, 0.15) is 5.56 Å². The highest BCUT2D eigenvalue weighted by molar-refractivity contribution is 6.30. The lowest BCUT2D eigenvalue weighted by Crippen LogP contribution is -1.92. The van der Waals surface area contributed by atoms with Gasteiger partial charge in [0.05, 0.1) is 18.2 Å². The van der Waals surface area contributed by atoms with Gasteiger partial charge in [0, 0.05) is 0 Å². The number of hydrogen-bond donors (Lipinski definition) is 0. The van der Waals surface area contributed by atoms with E-state index in [-0.39, 0.29) is 0 Å². The monoisotopic (exact) mass is 530 g/mol. The van der Waals surface area contributed by atoms with Gasteiger partial charge in [-0.1, -0.05) is 103 Å². The van der Waals surface area contributed by atoms with Crippen LogP contribution in [0.5, 0.6) is 0 Å². The maximum absolute atomic E-state index is 9.56. The first-order valence-corrected chi connectivity index (χ1v) is 13.9. The van der Waals surface area contributed by atoms with E-state index in [1.807, 2.05) is 36.4 Å². The summed E-state index contributed by atoms with van der Waals surface area (Å²) in [5, 5.41) is 19.1. The van der Waals surface area contributed by atoms with Crippen molar-refractivity contribution in [2.75, 3.05) is 0 Å². The fourth-order valence-electron chi connectivity index (χ4n) is 6.48. The van der Waals surface area contributed by atoms with Gasteiger partial charge in [0.1, 0.15) is 0 Å². The van der Waals surface area contributed by atoms with Crippen molar-refractivity contribution in [1.82, 2.24) is 0 Å². The van der Waals surface area contributed by atoms with Crippen LogP contribution >= 0.6 is 0 Å². The lowest BCUT2D eigenvalue weighted by Gasteiger charge is -2.20. The molecule has 8 aromatic rings. The summed E-state index contributed by atoms with van der Waals surface area (Å²) in [6.07, 6.45) is 0. The Bertz CT molecular complexity index is 2440. The minimum atomic E-state index is 0.630. The molecule has 0 aliphatic rings. The van der Waals surface area contributed by atoms with Gasteiger partial charge >= 0.3 is 0 Å². The molecule has 0 spiro atoms. The molecular weight excluding hydrogens is 508 g/mol. The molecule has 0 unspecified atom stereocenters. The minimum absolute atomic E-state index is 0.630. The molecule has 0 fully saturated rings. The lowest BCUT2D eigenvalue weighted by atomic mass is 9.83. The van der Waals surface area contributed by atoms with Crippen LogP contribution in [-0.4, -0.2) is 0 Å². The SMILES string of the molecule is [C-]#[N+]c1cccc(-c2cc(-c3ccc4ccccc4c3)c3ccc4c(-c5cccc(C#N)c5)ccc5ccc2c3c54)c1. The zero-order chi connectivity index (χ0) is 28.2. The van der Waals surface area contributed by atoms with E-state index in [1.54, 1.807) is 0 Å². The molecule has 2 nitrogen and oxygen atoms in total. The van der Waals surface area contributed by atoms with Crippen LogP contribution in [0, 0.1) is 17.9 Å². The first kappa shape index (κ1) is 23.9. The van der Waals surface area contributed by atoms with Gasteiger partial charge < -0.3 is 0 Å². The van der Waals surface area contributed by atoms with E-state index >= 15 is 0 Å². The fourth-order valence-corrected chi connectivity index (χ4v) is 6.48. The molecule has 0 atom stereocenters. The van der Waals surface area contributed by atoms with Crippen molar-refractivity contribution in [3.63, 3.8) is 0 Å². The molecule has 0 N–H and O–H groups in total. The van der Waals surface area contributed by atoms with E-state index in [2.05, 4.69) is 108 Å².